The standard InChI is InChI=1S/C10H7BrF3N3/c1-17-10(15)5(3-16-17)4-2-6(12)7(11)9(14)8(4)13/h2-3H,15H2,1H3. The fourth-order valence-corrected chi connectivity index (χ4v) is 1.71. The Hall–Kier alpha value is -1.50. The van der Waals surface area contributed by atoms with E-state index in [0.29, 0.717) is 0 Å². The molecule has 2 aromatic rings. The molecule has 0 aliphatic heterocycles. The molecular weight excluding hydrogens is 299 g/mol. The van der Waals surface area contributed by atoms with Crippen LogP contribution in [0.25, 0.3) is 11.1 Å². The van der Waals surface area contributed by atoms with Gasteiger partial charge in [0.15, 0.2) is 11.6 Å². The predicted octanol–water partition coefficient (Wildman–Crippen LogP) is 2.85. The molecule has 0 aliphatic carbocycles. The summed E-state index contributed by atoms with van der Waals surface area (Å²) in [5.41, 5.74) is 5.51. The van der Waals surface area contributed by atoms with E-state index in [1.807, 2.05) is 0 Å². The van der Waals surface area contributed by atoms with E-state index in [2.05, 4.69) is 21.0 Å². The number of aromatic nitrogens is 2. The van der Waals surface area contributed by atoms with Gasteiger partial charge in [-0.1, -0.05) is 0 Å². The van der Waals surface area contributed by atoms with Gasteiger partial charge in [0.05, 0.1) is 10.7 Å². The fourth-order valence-electron chi connectivity index (χ4n) is 1.42. The molecule has 90 valence electrons. The summed E-state index contributed by atoms with van der Waals surface area (Å²) in [7, 11) is 1.54. The Morgan fingerprint density at radius 2 is 1.88 bits per heavy atom. The number of nitrogens with zero attached hydrogens (tertiary/aromatic N) is 2. The molecule has 0 unspecified atom stereocenters. The van der Waals surface area contributed by atoms with E-state index in [1.165, 1.54) is 10.9 Å². The Bertz CT molecular complexity index is 595. The van der Waals surface area contributed by atoms with Crippen molar-refractivity contribution in [3.05, 3.63) is 34.2 Å². The largest absolute Gasteiger partial charge is 0.383 e. The molecule has 3 nitrogen and oxygen atoms in total. The molecule has 0 saturated heterocycles. The van der Waals surface area contributed by atoms with Crippen LogP contribution in [0.1, 0.15) is 0 Å². The van der Waals surface area contributed by atoms with Gasteiger partial charge in [-0.15, -0.1) is 0 Å². The summed E-state index contributed by atoms with van der Waals surface area (Å²) in [6.07, 6.45) is 1.25. The number of hydrogen-bond acceptors (Lipinski definition) is 2. The maximum Gasteiger partial charge on any atom is 0.176 e. The molecule has 7 heteroatoms. The Morgan fingerprint density at radius 3 is 2.41 bits per heavy atom. The van der Waals surface area contributed by atoms with Gasteiger partial charge in [-0.25, -0.2) is 13.2 Å². The summed E-state index contributed by atoms with van der Waals surface area (Å²) in [6.45, 7) is 0. The average molecular weight is 306 g/mol. The number of benzene rings is 1. The van der Waals surface area contributed by atoms with Gasteiger partial charge in [-0.2, -0.15) is 5.10 Å². The van der Waals surface area contributed by atoms with Crippen molar-refractivity contribution in [1.82, 2.24) is 9.78 Å². The smallest absolute Gasteiger partial charge is 0.176 e. The Morgan fingerprint density at radius 1 is 1.24 bits per heavy atom. The number of halogens is 4. The monoisotopic (exact) mass is 305 g/mol. The first-order chi connectivity index (χ1) is 7.93. The molecule has 0 bridgehead atoms. The number of nitrogens with two attached hydrogens (primary N) is 1. The molecule has 0 radical (unpaired) electrons. The topological polar surface area (TPSA) is 43.8 Å². The second kappa shape index (κ2) is 4.06. The van der Waals surface area contributed by atoms with E-state index in [4.69, 9.17) is 5.73 Å². The van der Waals surface area contributed by atoms with Gasteiger partial charge >= 0.3 is 0 Å². The normalized spacial score (nSPS) is 10.9. The van der Waals surface area contributed by atoms with Gasteiger partial charge in [0.1, 0.15) is 11.6 Å². The van der Waals surface area contributed by atoms with Crippen molar-refractivity contribution in [3.8, 4) is 11.1 Å². The lowest BCUT2D eigenvalue weighted by atomic mass is 10.1. The highest BCUT2D eigenvalue weighted by Gasteiger charge is 2.20. The summed E-state index contributed by atoms with van der Waals surface area (Å²) in [6, 6.07) is 0.871. The van der Waals surface area contributed by atoms with Crippen LogP contribution in [0, 0.1) is 17.5 Å². The van der Waals surface area contributed by atoms with E-state index in [9.17, 15) is 13.2 Å². The molecule has 0 aliphatic rings. The van der Waals surface area contributed by atoms with Crippen LogP contribution in [-0.2, 0) is 7.05 Å². The van der Waals surface area contributed by atoms with Crippen LogP contribution in [0.2, 0.25) is 0 Å². The highest BCUT2D eigenvalue weighted by atomic mass is 79.9. The summed E-state index contributed by atoms with van der Waals surface area (Å²) >= 11 is 2.62. The van der Waals surface area contributed by atoms with Crippen molar-refractivity contribution in [2.24, 2.45) is 7.05 Å². The van der Waals surface area contributed by atoms with Crippen molar-refractivity contribution in [3.63, 3.8) is 0 Å². The van der Waals surface area contributed by atoms with Crippen LogP contribution in [0.4, 0.5) is 19.0 Å². The molecule has 1 aromatic carbocycles. The molecular formula is C10H7BrF3N3. The second-order valence-corrected chi connectivity index (χ2v) is 4.21. The first kappa shape index (κ1) is 12.0. The van der Waals surface area contributed by atoms with Crippen LogP contribution in [0.5, 0.6) is 0 Å². The lowest BCUT2D eigenvalue weighted by Gasteiger charge is -2.06. The van der Waals surface area contributed by atoms with Crippen molar-refractivity contribution in [2.45, 2.75) is 0 Å². The van der Waals surface area contributed by atoms with Crippen molar-refractivity contribution < 1.29 is 13.2 Å². The third-order valence-corrected chi connectivity index (χ3v) is 3.10. The van der Waals surface area contributed by atoms with Crippen molar-refractivity contribution in [1.29, 1.82) is 0 Å². The minimum absolute atomic E-state index is 0.130. The van der Waals surface area contributed by atoms with E-state index in [1.54, 1.807) is 7.05 Å². The zero-order valence-corrected chi connectivity index (χ0v) is 10.2. The Labute approximate surface area is 103 Å². The summed E-state index contributed by atoms with van der Waals surface area (Å²) in [5.74, 6) is -3.23. The Balaban J connectivity index is 2.73. The van der Waals surface area contributed by atoms with Gasteiger partial charge in [-0.3, -0.25) is 4.68 Å². The molecule has 2 rings (SSSR count). The van der Waals surface area contributed by atoms with Gasteiger partial charge < -0.3 is 5.73 Å². The van der Waals surface area contributed by atoms with Crippen molar-refractivity contribution in [2.75, 3.05) is 5.73 Å². The Kier molecular flexibility index (Phi) is 2.86. The summed E-state index contributed by atoms with van der Waals surface area (Å²) < 4.78 is 41.1. The molecule has 0 fully saturated rings. The molecule has 0 amide bonds. The first-order valence-electron chi connectivity index (χ1n) is 4.54. The van der Waals surface area contributed by atoms with Crippen LogP contribution in [0.15, 0.2) is 16.7 Å². The van der Waals surface area contributed by atoms with Crippen LogP contribution < -0.4 is 5.73 Å². The molecule has 17 heavy (non-hydrogen) atoms. The van der Waals surface area contributed by atoms with E-state index in [-0.39, 0.29) is 16.9 Å². The lowest BCUT2D eigenvalue weighted by molar-refractivity contribution is 0.490. The van der Waals surface area contributed by atoms with Crippen LogP contribution >= 0.6 is 15.9 Å². The number of anilines is 1. The summed E-state index contributed by atoms with van der Waals surface area (Å²) in [4.78, 5) is 0. The molecule has 0 saturated carbocycles. The molecule has 0 spiro atoms. The van der Waals surface area contributed by atoms with E-state index in [0.717, 1.165) is 6.07 Å². The highest BCUT2D eigenvalue weighted by molar-refractivity contribution is 9.10. The lowest BCUT2D eigenvalue weighted by Crippen LogP contribution is -2.00. The van der Waals surface area contributed by atoms with Crippen molar-refractivity contribution >= 4 is 21.7 Å². The number of aryl methyl sites for hydroxylation is 1. The minimum Gasteiger partial charge on any atom is -0.383 e. The third kappa shape index (κ3) is 1.80. The maximum absolute atomic E-state index is 13.7. The minimum atomic E-state index is -1.29. The fraction of sp³-hybridized carbons (Fsp3) is 0.100. The second-order valence-electron chi connectivity index (χ2n) is 3.41. The van der Waals surface area contributed by atoms with E-state index < -0.39 is 21.9 Å². The molecule has 1 heterocycles. The molecule has 0 atom stereocenters. The number of nitrogen functional groups attached to an aromatic ring is 1. The predicted molar refractivity (Wildman–Crippen MR) is 60.6 cm³/mol. The van der Waals surface area contributed by atoms with E-state index >= 15 is 0 Å². The van der Waals surface area contributed by atoms with Gasteiger partial charge in [0.2, 0.25) is 0 Å². The quantitative estimate of drug-likeness (QED) is 0.650. The van der Waals surface area contributed by atoms with Gasteiger partial charge in [-0.05, 0) is 22.0 Å². The highest BCUT2D eigenvalue weighted by Crippen LogP contribution is 2.33. The average Bonchev–Trinajstić information content (AvgIpc) is 2.62. The van der Waals surface area contributed by atoms with Gasteiger partial charge in [0.25, 0.3) is 0 Å². The molecule has 2 N–H and O–H groups in total. The van der Waals surface area contributed by atoms with Crippen LogP contribution in [0.3, 0.4) is 0 Å². The first-order valence-corrected chi connectivity index (χ1v) is 5.33. The molecule has 1 aromatic heterocycles. The zero-order chi connectivity index (χ0) is 12.7. The maximum atomic E-state index is 13.7. The summed E-state index contributed by atoms with van der Waals surface area (Å²) in [5, 5.41) is 3.78. The third-order valence-electron chi connectivity index (χ3n) is 2.38. The number of hydrogen-bond donors (Lipinski definition) is 1. The van der Waals surface area contributed by atoms with Crippen LogP contribution in [-0.4, -0.2) is 9.78 Å². The SMILES string of the molecule is Cn1ncc(-c2cc(F)c(Br)c(F)c2F)c1N. The zero-order valence-electron chi connectivity index (χ0n) is 8.64. The number of rotatable bonds is 1. The van der Waals surface area contributed by atoms with Gasteiger partial charge in [0, 0.05) is 18.2 Å².